The zero-order chi connectivity index (χ0) is 23.1. The summed E-state index contributed by atoms with van der Waals surface area (Å²) in [5.41, 5.74) is 3.65. The van der Waals surface area contributed by atoms with Gasteiger partial charge < -0.3 is 15.3 Å². The minimum atomic E-state index is -0.192. The van der Waals surface area contributed by atoms with Crippen LogP contribution in [-0.4, -0.2) is 34.4 Å². The first kappa shape index (κ1) is 22.6. The number of pyridine rings is 1. The molecule has 6 heteroatoms. The smallest absolute Gasteiger partial charge is 0.261 e. The number of fused-ring (bicyclic) bond motifs is 5. The number of oxime groups is 1. The fraction of sp³-hybridized carbons (Fsp3) is 0.667. The quantitative estimate of drug-likeness (QED) is 0.650. The maximum atomic E-state index is 12.1. The van der Waals surface area contributed by atoms with Gasteiger partial charge in [-0.2, -0.15) is 0 Å². The Morgan fingerprint density at radius 2 is 2.06 bits per heavy atom. The van der Waals surface area contributed by atoms with Crippen LogP contribution in [0.5, 0.6) is 0 Å². The van der Waals surface area contributed by atoms with Gasteiger partial charge in [0.25, 0.3) is 5.91 Å². The van der Waals surface area contributed by atoms with Crippen molar-refractivity contribution in [3.05, 3.63) is 41.7 Å². The largest absolute Gasteiger partial charge is 0.393 e. The summed E-state index contributed by atoms with van der Waals surface area (Å²) in [6.07, 6.45) is 12.7. The van der Waals surface area contributed by atoms with Crippen molar-refractivity contribution < 1.29 is 14.7 Å². The van der Waals surface area contributed by atoms with Gasteiger partial charge in [-0.25, -0.2) is 0 Å². The first-order valence-electron chi connectivity index (χ1n) is 12.6. The van der Waals surface area contributed by atoms with Crippen molar-refractivity contribution in [2.45, 2.75) is 77.9 Å². The lowest BCUT2D eigenvalue weighted by molar-refractivity contribution is -0.125. The van der Waals surface area contributed by atoms with E-state index in [1.54, 1.807) is 6.20 Å². The van der Waals surface area contributed by atoms with Crippen molar-refractivity contribution in [3.63, 3.8) is 0 Å². The maximum absolute atomic E-state index is 12.1. The summed E-state index contributed by atoms with van der Waals surface area (Å²) in [6.45, 7) is 5.12. The monoisotopic (exact) mass is 451 g/mol. The number of aliphatic hydroxyl groups is 1. The topological polar surface area (TPSA) is 83.8 Å². The fourth-order valence-electron chi connectivity index (χ4n) is 7.53. The number of carbonyl (C=O) groups is 1. The van der Waals surface area contributed by atoms with Crippen molar-refractivity contribution in [1.29, 1.82) is 0 Å². The average Bonchev–Trinajstić information content (AvgIpc) is 3.13. The third-order valence-electron chi connectivity index (χ3n) is 9.50. The molecule has 5 rings (SSSR count). The fourth-order valence-corrected chi connectivity index (χ4v) is 7.53. The van der Waals surface area contributed by atoms with Crippen LogP contribution in [0.4, 0.5) is 0 Å². The summed E-state index contributed by atoms with van der Waals surface area (Å²) in [5.74, 6) is 1.93. The first-order chi connectivity index (χ1) is 15.9. The van der Waals surface area contributed by atoms with Crippen LogP contribution >= 0.6 is 0 Å². The van der Waals surface area contributed by atoms with Gasteiger partial charge in [0, 0.05) is 6.20 Å². The predicted molar refractivity (Wildman–Crippen MR) is 127 cm³/mol. The molecule has 6 atom stereocenters. The molecule has 6 nitrogen and oxygen atoms in total. The van der Waals surface area contributed by atoms with Crippen molar-refractivity contribution in [2.24, 2.45) is 33.7 Å². The van der Waals surface area contributed by atoms with Crippen molar-refractivity contribution >= 4 is 11.6 Å². The van der Waals surface area contributed by atoms with Gasteiger partial charge in [-0.3, -0.25) is 9.78 Å². The second-order valence-corrected chi connectivity index (χ2v) is 11.1. The molecule has 2 N–H and O–H groups in total. The van der Waals surface area contributed by atoms with Crippen LogP contribution in [-0.2, 0) is 16.2 Å². The number of hydrogen-bond acceptors (Lipinski definition) is 5. The zero-order valence-electron chi connectivity index (χ0n) is 19.9. The van der Waals surface area contributed by atoms with Crippen LogP contribution < -0.4 is 5.32 Å². The Labute approximate surface area is 196 Å². The lowest BCUT2D eigenvalue weighted by Gasteiger charge is -2.57. The normalized spacial score (nSPS) is 38.6. The first-order valence-corrected chi connectivity index (χ1v) is 12.6. The Kier molecular flexibility index (Phi) is 6.06. The minimum absolute atomic E-state index is 0.0793. The molecule has 0 unspecified atom stereocenters. The van der Waals surface area contributed by atoms with Gasteiger partial charge >= 0.3 is 0 Å². The van der Waals surface area contributed by atoms with Crippen LogP contribution in [0.3, 0.4) is 0 Å². The summed E-state index contributed by atoms with van der Waals surface area (Å²) in [6, 6.07) is 5.63. The molecule has 0 bridgehead atoms. The number of nitrogens with zero attached hydrogens (tertiary/aromatic N) is 2. The number of allylic oxidation sites excluding steroid dienone is 2. The van der Waals surface area contributed by atoms with E-state index in [0.717, 1.165) is 49.4 Å². The third-order valence-corrected chi connectivity index (χ3v) is 9.50. The zero-order valence-corrected chi connectivity index (χ0v) is 19.9. The van der Waals surface area contributed by atoms with Gasteiger partial charge in [0.05, 0.1) is 24.1 Å². The summed E-state index contributed by atoms with van der Waals surface area (Å²) in [5, 5.41) is 17.8. The molecule has 0 aliphatic heterocycles. The van der Waals surface area contributed by atoms with Gasteiger partial charge in [-0.1, -0.05) is 30.6 Å². The van der Waals surface area contributed by atoms with Crippen molar-refractivity contribution in [1.82, 2.24) is 10.3 Å². The van der Waals surface area contributed by atoms with Crippen LogP contribution in [0.1, 0.15) is 70.9 Å². The van der Waals surface area contributed by atoms with Gasteiger partial charge in [0.2, 0.25) is 0 Å². The second kappa shape index (κ2) is 8.86. The molecule has 1 aromatic rings. The molecule has 33 heavy (non-hydrogen) atoms. The summed E-state index contributed by atoms with van der Waals surface area (Å²) in [4.78, 5) is 21.7. The SMILES string of the molecule is C[C@]12CC[C@H]3[C@@H](CCC4=C/C(=N/OCC(=O)NCc5ccccn5)CC[C@@]43C)[C@@H]1CC[C@H]2O. The molecule has 0 aromatic carbocycles. The van der Waals surface area contributed by atoms with Gasteiger partial charge in [0.15, 0.2) is 6.61 Å². The Hall–Kier alpha value is -2.21. The number of aromatic nitrogens is 1. The van der Waals surface area contributed by atoms with Gasteiger partial charge in [0.1, 0.15) is 0 Å². The predicted octanol–water partition coefficient (Wildman–Crippen LogP) is 4.39. The van der Waals surface area contributed by atoms with E-state index in [1.165, 1.54) is 24.8 Å². The Morgan fingerprint density at radius 1 is 1.18 bits per heavy atom. The number of carbonyl (C=O) groups excluding carboxylic acids is 1. The third kappa shape index (κ3) is 4.11. The number of rotatable bonds is 5. The van der Waals surface area contributed by atoms with E-state index in [4.69, 9.17) is 4.84 Å². The molecule has 4 aliphatic rings. The maximum Gasteiger partial charge on any atom is 0.261 e. The van der Waals surface area contributed by atoms with Crippen LogP contribution in [0.25, 0.3) is 0 Å². The highest BCUT2D eigenvalue weighted by atomic mass is 16.6. The lowest BCUT2D eigenvalue weighted by atomic mass is 9.47. The Balaban J connectivity index is 1.19. The van der Waals surface area contributed by atoms with Gasteiger partial charge in [-0.15, -0.1) is 0 Å². The summed E-state index contributed by atoms with van der Waals surface area (Å²) < 4.78 is 0. The standard InChI is InChI=1S/C27H37N3O3/c1-26-12-10-19(30-33-17-25(32)29-16-20-5-3-4-14-28-20)15-18(26)6-7-21-22-8-9-24(31)27(22,2)13-11-23(21)26/h3-5,14-15,21-24,31H,6-13,16-17H2,1-2H3,(H,29,32)/b30-19+/t21-,22-,23-,24+,26-,27-/m0/s1. The molecule has 1 aromatic heterocycles. The molecular weight excluding hydrogens is 414 g/mol. The average molecular weight is 452 g/mol. The van der Waals surface area contributed by atoms with Crippen LogP contribution in [0.15, 0.2) is 41.2 Å². The van der Waals surface area contributed by atoms with E-state index in [-0.39, 0.29) is 29.4 Å². The van der Waals surface area contributed by atoms with E-state index >= 15 is 0 Å². The highest BCUT2D eigenvalue weighted by Gasteiger charge is 2.58. The molecular formula is C27H37N3O3. The van der Waals surface area contributed by atoms with Crippen molar-refractivity contribution in [3.8, 4) is 0 Å². The van der Waals surface area contributed by atoms with Crippen molar-refractivity contribution in [2.75, 3.05) is 6.61 Å². The molecule has 0 saturated heterocycles. The Bertz CT molecular complexity index is 945. The van der Waals surface area contributed by atoms with Crippen LogP contribution in [0, 0.1) is 28.6 Å². The second-order valence-electron chi connectivity index (χ2n) is 11.1. The van der Waals surface area contributed by atoms with Gasteiger partial charge in [-0.05, 0) is 98.2 Å². The van der Waals surface area contributed by atoms with E-state index in [0.29, 0.717) is 18.4 Å². The highest BCUT2D eigenvalue weighted by Crippen LogP contribution is 2.65. The Morgan fingerprint density at radius 3 is 2.88 bits per heavy atom. The minimum Gasteiger partial charge on any atom is -0.393 e. The van der Waals surface area contributed by atoms with E-state index in [9.17, 15) is 9.90 Å². The molecule has 3 fully saturated rings. The summed E-state index contributed by atoms with van der Waals surface area (Å²) >= 11 is 0. The molecule has 178 valence electrons. The number of nitrogens with one attached hydrogen (secondary N) is 1. The summed E-state index contributed by atoms with van der Waals surface area (Å²) in [7, 11) is 0. The molecule has 1 heterocycles. The molecule has 4 aliphatic carbocycles. The number of hydrogen-bond donors (Lipinski definition) is 2. The number of aliphatic hydroxyl groups excluding tert-OH is 1. The molecule has 3 saturated carbocycles. The molecule has 0 radical (unpaired) electrons. The van der Waals surface area contributed by atoms with Crippen LogP contribution in [0.2, 0.25) is 0 Å². The van der Waals surface area contributed by atoms with E-state index in [1.807, 2.05) is 18.2 Å². The number of amides is 1. The lowest BCUT2D eigenvalue weighted by Crippen LogP contribution is -2.51. The van der Waals surface area contributed by atoms with E-state index < -0.39 is 0 Å². The molecule has 1 amide bonds. The molecule has 0 spiro atoms. The van der Waals surface area contributed by atoms with E-state index in [2.05, 4.69) is 35.4 Å². The highest BCUT2D eigenvalue weighted by molar-refractivity contribution is 5.96.